The molecule has 66 valence electrons. The summed E-state index contributed by atoms with van der Waals surface area (Å²) in [6, 6.07) is 0. The van der Waals surface area contributed by atoms with E-state index < -0.39 is 9.84 Å². The lowest BCUT2D eigenvalue weighted by Gasteiger charge is -2.11. The molecule has 1 fully saturated rings. The van der Waals surface area contributed by atoms with Crippen LogP contribution in [0.3, 0.4) is 0 Å². The molecule has 0 saturated heterocycles. The average Bonchev–Trinajstić information content (AvgIpc) is 2.12. The Morgan fingerprint density at radius 1 is 1.45 bits per heavy atom. The molecule has 1 saturated carbocycles. The molecule has 0 amide bonds. The topological polar surface area (TPSA) is 54.4 Å². The van der Waals surface area contributed by atoms with E-state index in [1.165, 1.54) is 6.26 Å². The van der Waals surface area contributed by atoms with E-state index in [9.17, 15) is 13.5 Å². The van der Waals surface area contributed by atoms with E-state index >= 15 is 0 Å². The minimum absolute atomic E-state index is 0.00926. The second-order valence-electron chi connectivity index (χ2n) is 3.35. The van der Waals surface area contributed by atoms with E-state index in [0.29, 0.717) is 0 Å². The molecule has 1 aliphatic rings. The summed E-state index contributed by atoms with van der Waals surface area (Å²) in [5.74, 6) is 0.138. The monoisotopic (exact) mass is 178 g/mol. The van der Waals surface area contributed by atoms with E-state index in [1.54, 1.807) is 0 Å². The van der Waals surface area contributed by atoms with Crippen molar-refractivity contribution in [3.8, 4) is 0 Å². The molecule has 4 heteroatoms. The van der Waals surface area contributed by atoms with Gasteiger partial charge >= 0.3 is 0 Å². The molecule has 0 bridgehead atoms. The van der Waals surface area contributed by atoms with Gasteiger partial charge in [-0.1, -0.05) is 6.42 Å². The minimum Gasteiger partial charge on any atom is -0.393 e. The highest BCUT2D eigenvalue weighted by Gasteiger charge is 2.27. The van der Waals surface area contributed by atoms with Gasteiger partial charge in [0, 0.05) is 6.26 Å². The summed E-state index contributed by atoms with van der Waals surface area (Å²) in [7, 11) is -2.90. The van der Waals surface area contributed by atoms with Crippen LogP contribution < -0.4 is 0 Å². The van der Waals surface area contributed by atoms with Crippen LogP contribution in [0.5, 0.6) is 0 Å². The molecule has 0 radical (unpaired) electrons. The van der Waals surface area contributed by atoms with Crippen molar-refractivity contribution < 1.29 is 13.5 Å². The summed E-state index contributed by atoms with van der Waals surface area (Å²) in [5, 5.41) is 9.29. The number of sulfone groups is 1. The first-order valence-electron chi connectivity index (χ1n) is 3.85. The Morgan fingerprint density at radius 2 is 2.09 bits per heavy atom. The lowest BCUT2D eigenvalue weighted by atomic mass is 10.1. The first-order chi connectivity index (χ1) is 4.99. The van der Waals surface area contributed by atoms with Crippen molar-refractivity contribution in [2.75, 3.05) is 12.0 Å². The quantitative estimate of drug-likeness (QED) is 0.657. The predicted molar refractivity (Wildman–Crippen MR) is 43.1 cm³/mol. The maximum atomic E-state index is 10.8. The van der Waals surface area contributed by atoms with Gasteiger partial charge in [0.1, 0.15) is 9.84 Å². The first-order valence-corrected chi connectivity index (χ1v) is 5.91. The standard InChI is InChI=1S/C7H14O3S/c1-11(9,10)5-6-3-2-4-7(6)8/h6-8H,2-5H2,1H3. The molecule has 2 unspecified atom stereocenters. The maximum Gasteiger partial charge on any atom is 0.147 e. The third-order valence-electron chi connectivity index (χ3n) is 2.14. The highest BCUT2D eigenvalue weighted by molar-refractivity contribution is 7.90. The molecule has 2 atom stereocenters. The second kappa shape index (κ2) is 3.11. The molecule has 0 heterocycles. The number of aliphatic hydroxyl groups excluding tert-OH is 1. The van der Waals surface area contributed by atoms with Crippen LogP contribution in [0.25, 0.3) is 0 Å². The van der Waals surface area contributed by atoms with Gasteiger partial charge in [0.05, 0.1) is 11.9 Å². The zero-order valence-corrected chi connectivity index (χ0v) is 7.47. The van der Waals surface area contributed by atoms with Gasteiger partial charge in [0.25, 0.3) is 0 Å². The van der Waals surface area contributed by atoms with Crippen LogP contribution >= 0.6 is 0 Å². The summed E-state index contributed by atoms with van der Waals surface area (Å²) in [6.07, 6.45) is 3.41. The Kier molecular flexibility index (Phi) is 2.54. The van der Waals surface area contributed by atoms with Crippen molar-refractivity contribution in [3.63, 3.8) is 0 Å². The molecule has 0 aliphatic heterocycles. The first kappa shape index (κ1) is 9.00. The Hall–Kier alpha value is -0.0900. The highest BCUT2D eigenvalue weighted by Crippen LogP contribution is 2.26. The Balaban J connectivity index is 2.50. The SMILES string of the molecule is CS(=O)(=O)CC1CCCC1O. The fraction of sp³-hybridized carbons (Fsp3) is 1.00. The Labute approximate surface area is 67.3 Å². The molecule has 1 rings (SSSR count). The van der Waals surface area contributed by atoms with E-state index in [4.69, 9.17) is 0 Å². The zero-order valence-electron chi connectivity index (χ0n) is 6.66. The van der Waals surface area contributed by atoms with Gasteiger partial charge in [0.2, 0.25) is 0 Å². The third-order valence-corrected chi connectivity index (χ3v) is 3.17. The number of rotatable bonds is 2. The molecule has 3 nitrogen and oxygen atoms in total. The molecule has 0 spiro atoms. The average molecular weight is 178 g/mol. The van der Waals surface area contributed by atoms with Crippen molar-refractivity contribution in [1.82, 2.24) is 0 Å². The summed E-state index contributed by atoms with van der Waals surface area (Å²) in [5.41, 5.74) is 0. The minimum atomic E-state index is -2.90. The highest BCUT2D eigenvalue weighted by atomic mass is 32.2. The second-order valence-corrected chi connectivity index (χ2v) is 5.54. The van der Waals surface area contributed by atoms with Crippen LogP contribution in [-0.2, 0) is 9.84 Å². The van der Waals surface area contributed by atoms with E-state index in [1.807, 2.05) is 0 Å². The van der Waals surface area contributed by atoms with Gasteiger partial charge in [-0.3, -0.25) is 0 Å². The van der Waals surface area contributed by atoms with Crippen molar-refractivity contribution >= 4 is 9.84 Å². The summed E-state index contributed by atoms with van der Waals surface area (Å²) in [6.45, 7) is 0. The van der Waals surface area contributed by atoms with Gasteiger partial charge < -0.3 is 5.11 Å². The van der Waals surface area contributed by atoms with Gasteiger partial charge in [-0.05, 0) is 18.8 Å². The van der Waals surface area contributed by atoms with Crippen molar-refractivity contribution in [2.45, 2.75) is 25.4 Å². The smallest absolute Gasteiger partial charge is 0.147 e. The summed E-state index contributed by atoms with van der Waals surface area (Å²) >= 11 is 0. The van der Waals surface area contributed by atoms with Crippen LogP contribution in [0, 0.1) is 5.92 Å². The normalized spacial score (nSPS) is 32.5. The molecule has 1 aliphatic carbocycles. The molecule has 11 heavy (non-hydrogen) atoms. The lowest BCUT2D eigenvalue weighted by Crippen LogP contribution is -2.21. The van der Waals surface area contributed by atoms with E-state index in [2.05, 4.69) is 0 Å². The maximum absolute atomic E-state index is 10.8. The van der Waals surface area contributed by atoms with Crippen LogP contribution in [0.2, 0.25) is 0 Å². The molecular weight excluding hydrogens is 164 g/mol. The third kappa shape index (κ3) is 2.79. The van der Waals surface area contributed by atoms with E-state index in [0.717, 1.165) is 19.3 Å². The Morgan fingerprint density at radius 3 is 2.45 bits per heavy atom. The zero-order chi connectivity index (χ0) is 8.48. The fourth-order valence-corrected chi connectivity index (χ4v) is 2.77. The molecule has 0 aromatic rings. The number of hydrogen-bond donors (Lipinski definition) is 1. The van der Waals surface area contributed by atoms with Crippen molar-refractivity contribution in [2.24, 2.45) is 5.92 Å². The van der Waals surface area contributed by atoms with Crippen LogP contribution in [0.1, 0.15) is 19.3 Å². The van der Waals surface area contributed by atoms with Gasteiger partial charge in [-0.25, -0.2) is 8.42 Å². The largest absolute Gasteiger partial charge is 0.393 e. The van der Waals surface area contributed by atoms with Crippen LogP contribution in [0.4, 0.5) is 0 Å². The summed E-state index contributed by atoms with van der Waals surface area (Å²) in [4.78, 5) is 0. The number of aliphatic hydroxyl groups is 1. The van der Waals surface area contributed by atoms with Crippen LogP contribution in [-0.4, -0.2) is 31.6 Å². The lowest BCUT2D eigenvalue weighted by molar-refractivity contribution is 0.142. The van der Waals surface area contributed by atoms with Gasteiger partial charge in [-0.15, -0.1) is 0 Å². The van der Waals surface area contributed by atoms with Crippen LogP contribution in [0.15, 0.2) is 0 Å². The van der Waals surface area contributed by atoms with Gasteiger partial charge in [-0.2, -0.15) is 0 Å². The fourth-order valence-electron chi connectivity index (χ4n) is 1.60. The predicted octanol–water partition coefficient (Wildman–Crippen LogP) is 0.192. The number of hydrogen-bond acceptors (Lipinski definition) is 3. The summed E-state index contributed by atoms with van der Waals surface area (Å²) < 4.78 is 21.6. The molecule has 1 N–H and O–H groups in total. The Bertz CT molecular complexity index is 220. The van der Waals surface area contributed by atoms with Gasteiger partial charge in [0.15, 0.2) is 0 Å². The van der Waals surface area contributed by atoms with Crippen molar-refractivity contribution in [3.05, 3.63) is 0 Å². The molecular formula is C7H14O3S. The molecule has 0 aromatic carbocycles. The van der Waals surface area contributed by atoms with Crippen molar-refractivity contribution in [1.29, 1.82) is 0 Å². The molecule has 0 aromatic heterocycles. The van der Waals surface area contributed by atoms with E-state index in [-0.39, 0.29) is 17.8 Å².